The largest absolute Gasteiger partial charge is 0.464 e. The van der Waals surface area contributed by atoms with E-state index in [2.05, 4.69) is 0 Å². The molecule has 0 aliphatic carbocycles. The molecule has 2 aromatic heterocycles. The van der Waals surface area contributed by atoms with Gasteiger partial charge >= 0.3 is 0 Å². The first kappa shape index (κ1) is 14.4. The zero-order valence-corrected chi connectivity index (χ0v) is 11.8. The molecule has 23 heavy (non-hydrogen) atoms. The molecular weight excluding hydrogens is 296 g/mol. The summed E-state index contributed by atoms with van der Waals surface area (Å²) in [5.74, 6) is 1.39. The molecule has 112 valence electrons. The smallest absolute Gasteiger partial charge is 0.270 e. The van der Waals surface area contributed by atoms with Crippen LogP contribution in [0.5, 0.6) is 0 Å². The van der Waals surface area contributed by atoms with Crippen molar-refractivity contribution in [3.63, 3.8) is 0 Å². The van der Waals surface area contributed by atoms with Crippen LogP contribution < -0.4 is 0 Å². The molecule has 3 rings (SSSR count). The second-order valence-electron chi connectivity index (χ2n) is 4.66. The number of furan rings is 2. The van der Waals surface area contributed by atoms with Crippen molar-refractivity contribution in [3.8, 4) is 17.4 Å². The molecule has 0 amide bonds. The molecule has 0 radical (unpaired) electrons. The van der Waals surface area contributed by atoms with Crippen LogP contribution in [0.25, 0.3) is 23.0 Å². The number of benzene rings is 1. The number of rotatable bonds is 4. The fourth-order valence-electron chi connectivity index (χ4n) is 2.09. The topological polar surface area (TPSA) is 93.2 Å². The van der Waals surface area contributed by atoms with Gasteiger partial charge in [0.15, 0.2) is 0 Å². The molecule has 6 heteroatoms. The van der Waals surface area contributed by atoms with Crippen molar-refractivity contribution in [2.45, 2.75) is 0 Å². The summed E-state index contributed by atoms with van der Waals surface area (Å²) in [4.78, 5) is 10.4. The van der Waals surface area contributed by atoms with E-state index in [1.807, 2.05) is 6.07 Å². The number of nitro groups is 1. The van der Waals surface area contributed by atoms with Gasteiger partial charge in [0.05, 0.1) is 16.8 Å². The van der Waals surface area contributed by atoms with E-state index in [0.29, 0.717) is 28.4 Å². The summed E-state index contributed by atoms with van der Waals surface area (Å²) >= 11 is 0. The fourth-order valence-corrected chi connectivity index (χ4v) is 2.09. The highest BCUT2D eigenvalue weighted by molar-refractivity contribution is 5.86. The molecule has 6 nitrogen and oxygen atoms in total. The molecule has 1 aromatic carbocycles. The van der Waals surface area contributed by atoms with Crippen LogP contribution in [0.3, 0.4) is 0 Å². The van der Waals surface area contributed by atoms with Crippen LogP contribution in [0.4, 0.5) is 5.69 Å². The van der Waals surface area contributed by atoms with Gasteiger partial charge in [-0.2, -0.15) is 5.26 Å². The summed E-state index contributed by atoms with van der Waals surface area (Å²) in [6.45, 7) is 0. The van der Waals surface area contributed by atoms with Crippen molar-refractivity contribution in [2.24, 2.45) is 0 Å². The standard InChI is InChI=1S/C17H10N2O4/c18-11-13(16-5-2-8-22-16)10-15-6-7-17(23-15)12-3-1-4-14(9-12)19(20)21/h1-10H/b13-10-. The van der Waals surface area contributed by atoms with Crippen LogP contribution in [-0.4, -0.2) is 4.92 Å². The van der Waals surface area contributed by atoms with Gasteiger partial charge in [0, 0.05) is 23.8 Å². The average molecular weight is 306 g/mol. The van der Waals surface area contributed by atoms with Crippen LogP contribution in [0.1, 0.15) is 11.5 Å². The first-order chi connectivity index (χ1) is 11.2. The molecule has 0 saturated heterocycles. The Hall–Kier alpha value is -3.59. The number of allylic oxidation sites excluding steroid dienone is 1. The molecule has 0 N–H and O–H groups in total. The van der Waals surface area contributed by atoms with Crippen molar-refractivity contribution in [1.29, 1.82) is 5.26 Å². The van der Waals surface area contributed by atoms with Crippen LogP contribution in [0, 0.1) is 21.4 Å². The summed E-state index contributed by atoms with van der Waals surface area (Å²) in [5, 5.41) is 20.0. The molecule has 0 atom stereocenters. The molecule has 0 bridgehead atoms. The lowest BCUT2D eigenvalue weighted by Crippen LogP contribution is -1.87. The van der Waals surface area contributed by atoms with Crippen LogP contribution >= 0.6 is 0 Å². The lowest BCUT2D eigenvalue weighted by atomic mass is 10.1. The van der Waals surface area contributed by atoms with Gasteiger partial charge in [0.1, 0.15) is 23.3 Å². The molecule has 0 unspecified atom stereocenters. The van der Waals surface area contributed by atoms with Crippen LogP contribution in [-0.2, 0) is 0 Å². The van der Waals surface area contributed by atoms with E-state index in [4.69, 9.17) is 8.83 Å². The van der Waals surface area contributed by atoms with E-state index >= 15 is 0 Å². The van der Waals surface area contributed by atoms with Gasteiger partial charge in [0.2, 0.25) is 0 Å². The van der Waals surface area contributed by atoms with Gasteiger partial charge in [-0.3, -0.25) is 10.1 Å². The highest BCUT2D eigenvalue weighted by atomic mass is 16.6. The third kappa shape index (κ3) is 3.04. The maximum absolute atomic E-state index is 10.8. The lowest BCUT2D eigenvalue weighted by Gasteiger charge is -1.97. The number of non-ortho nitro benzene ring substituents is 1. The minimum absolute atomic E-state index is 0.00992. The normalized spacial score (nSPS) is 11.2. The van der Waals surface area contributed by atoms with Crippen molar-refractivity contribution in [1.82, 2.24) is 0 Å². The zero-order chi connectivity index (χ0) is 16.2. The third-order valence-corrected chi connectivity index (χ3v) is 3.16. The summed E-state index contributed by atoms with van der Waals surface area (Å²) in [6, 6.07) is 15.0. The van der Waals surface area contributed by atoms with Gasteiger partial charge in [-0.1, -0.05) is 12.1 Å². The van der Waals surface area contributed by atoms with Crippen molar-refractivity contribution >= 4 is 17.3 Å². The van der Waals surface area contributed by atoms with E-state index in [9.17, 15) is 15.4 Å². The Kier molecular flexibility index (Phi) is 3.77. The highest BCUT2D eigenvalue weighted by Crippen LogP contribution is 2.27. The first-order valence-corrected chi connectivity index (χ1v) is 6.68. The maximum Gasteiger partial charge on any atom is 0.270 e. The van der Waals surface area contributed by atoms with Gasteiger partial charge in [-0.05, 0) is 24.3 Å². The Balaban J connectivity index is 1.93. The number of nitro benzene ring substituents is 1. The SMILES string of the molecule is N#C/C(=C/c1ccc(-c2cccc([N+](=O)[O-])c2)o1)c1ccco1. The average Bonchev–Trinajstić information content (AvgIpc) is 3.24. The monoisotopic (exact) mass is 306 g/mol. The Bertz CT molecular complexity index is 914. The van der Waals surface area contributed by atoms with Crippen LogP contribution in [0.15, 0.2) is 63.6 Å². The molecule has 0 aliphatic heterocycles. The molecule has 0 saturated carbocycles. The zero-order valence-electron chi connectivity index (χ0n) is 11.8. The predicted molar refractivity (Wildman–Crippen MR) is 83.0 cm³/mol. The second kappa shape index (κ2) is 6.03. The number of nitriles is 1. The molecule has 0 fully saturated rings. The van der Waals surface area contributed by atoms with Gasteiger partial charge in [0.25, 0.3) is 5.69 Å². The van der Waals surface area contributed by atoms with E-state index in [-0.39, 0.29) is 5.69 Å². The van der Waals surface area contributed by atoms with Gasteiger partial charge < -0.3 is 8.83 Å². The van der Waals surface area contributed by atoms with Crippen molar-refractivity contribution in [3.05, 3.63) is 76.4 Å². The number of hydrogen-bond donors (Lipinski definition) is 0. The molecular formula is C17H10N2O4. The third-order valence-electron chi connectivity index (χ3n) is 3.16. The minimum Gasteiger partial charge on any atom is -0.464 e. The maximum atomic E-state index is 10.8. The van der Waals surface area contributed by atoms with Gasteiger partial charge in [-0.15, -0.1) is 0 Å². The summed E-state index contributed by atoms with van der Waals surface area (Å²) in [7, 11) is 0. The summed E-state index contributed by atoms with van der Waals surface area (Å²) in [5.41, 5.74) is 0.912. The molecule has 0 aliphatic rings. The minimum atomic E-state index is -0.460. The highest BCUT2D eigenvalue weighted by Gasteiger charge is 2.11. The van der Waals surface area contributed by atoms with E-state index < -0.39 is 4.92 Å². The number of hydrogen-bond acceptors (Lipinski definition) is 5. The Labute approximate surface area is 131 Å². The number of nitrogens with zero attached hydrogens (tertiary/aromatic N) is 2. The summed E-state index contributed by atoms with van der Waals surface area (Å²) < 4.78 is 10.8. The Morgan fingerprint density at radius 2 is 2.09 bits per heavy atom. The van der Waals surface area contributed by atoms with Crippen molar-refractivity contribution < 1.29 is 13.8 Å². The quantitative estimate of drug-likeness (QED) is 0.401. The van der Waals surface area contributed by atoms with E-state index in [1.54, 1.807) is 42.5 Å². The molecule has 2 heterocycles. The predicted octanol–water partition coefficient (Wildman–Crippen LogP) is 4.51. The molecule has 0 spiro atoms. The van der Waals surface area contributed by atoms with E-state index in [0.717, 1.165) is 0 Å². The lowest BCUT2D eigenvalue weighted by molar-refractivity contribution is -0.384. The van der Waals surface area contributed by atoms with Crippen LogP contribution in [0.2, 0.25) is 0 Å². The molecule has 3 aromatic rings. The Morgan fingerprint density at radius 3 is 2.78 bits per heavy atom. The van der Waals surface area contributed by atoms with Gasteiger partial charge in [-0.25, -0.2) is 0 Å². The Morgan fingerprint density at radius 1 is 1.22 bits per heavy atom. The van der Waals surface area contributed by atoms with Crippen molar-refractivity contribution in [2.75, 3.05) is 0 Å². The first-order valence-electron chi connectivity index (χ1n) is 6.68. The fraction of sp³-hybridized carbons (Fsp3) is 0. The summed E-state index contributed by atoms with van der Waals surface area (Å²) in [6.07, 6.45) is 3.04. The van der Waals surface area contributed by atoms with E-state index in [1.165, 1.54) is 18.4 Å². The second-order valence-corrected chi connectivity index (χ2v) is 4.66.